The van der Waals surface area contributed by atoms with Gasteiger partial charge in [0.2, 0.25) is 0 Å². The summed E-state index contributed by atoms with van der Waals surface area (Å²) in [5.74, 6) is 0. The summed E-state index contributed by atoms with van der Waals surface area (Å²) in [7, 11) is 0. The maximum atomic E-state index is 2.35. The van der Waals surface area contributed by atoms with Crippen molar-refractivity contribution in [2.24, 2.45) is 0 Å². The number of fused-ring (bicyclic) bond motifs is 1. The normalized spacial score (nSPS) is 13.4. The summed E-state index contributed by atoms with van der Waals surface area (Å²) in [5.41, 5.74) is 8.38. The second-order valence-electron chi connectivity index (χ2n) is 4.78. The van der Waals surface area contributed by atoms with Crippen molar-refractivity contribution in [2.75, 3.05) is 0 Å². The Morgan fingerprint density at radius 2 is 1.59 bits per heavy atom. The van der Waals surface area contributed by atoms with Gasteiger partial charge in [0, 0.05) is 0 Å². The van der Waals surface area contributed by atoms with Crippen molar-refractivity contribution in [3.8, 4) is 0 Å². The predicted octanol–water partition coefficient (Wildman–Crippen LogP) is 4.29. The highest BCUT2D eigenvalue weighted by Gasteiger charge is 2.16. The standard InChI is InChI=1S/C17H16/c1-12-10-15-8-9-16(17(15)11-13(12)2)14-6-4-3-5-7-14/h3-7,9-11H,8H2,1-2H3. The Balaban J connectivity index is 2.12. The molecule has 3 rings (SSSR count). The smallest absolute Gasteiger partial charge is 0.00818 e. The van der Waals surface area contributed by atoms with E-state index in [1.54, 1.807) is 0 Å². The molecule has 0 aliphatic heterocycles. The van der Waals surface area contributed by atoms with Gasteiger partial charge in [0.25, 0.3) is 0 Å². The minimum Gasteiger partial charge on any atom is -0.0716 e. The molecule has 0 radical (unpaired) electrons. The second-order valence-corrected chi connectivity index (χ2v) is 4.78. The van der Waals surface area contributed by atoms with Gasteiger partial charge in [-0.15, -0.1) is 0 Å². The molecule has 0 aromatic heterocycles. The maximum Gasteiger partial charge on any atom is -0.00818 e. The molecule has 17 heavy (non-hydrogen) atoms. The maximum absolute atomic E-state index is 2.35. The molecule has 0 N–H and O–H groups in total. The molecule has 1 aliphatic rings. The first-order valence-corrected chi connectivity index (χ1v) is 6.12. The Morgan fingerprint density at radius 1 is 0.882 bits per heavy atom. The molecular weight excluding hydrogens is 204 g/mol. The van der Waals surface area contributed by atoms with Crippen LogP contribution in [0, 0.1) is 13.8 Å². The summed E-state index contributed by atoms with van der Waals surface area (Å²) in [5, 5.41) is 0. The molecule has 0 heterocycles. The Labute approximate surface area is 103 Å². The van der Waals surface area contributed by atoms with Crippen LogP contribution in [-0.2, 0) is 6.42 Å². The zero-order valence-corrected chi connectivity index (χ0v) is 10.3. The van der Waals surface area contributed by atoms with Gasteiger partial charge in [-0.3, -0.25) is 0 Å². The van der Waals surface area contributed by atoms with Gasteiger partial charge in [0.1, 0.15) is 0 Å². The van der Waals surface area contributed by atoms with Crippen LogP contribution >= 0.6 is 0 Å². The Morgan fingerprint density at radius 3 is 2.35 bits per heavy atom. The van der Waals surface area contributed by atoms with Gasteiger partial charge in [-0.2, -0.15) is 0 Å². The lowest BCUT2D eigenvalue weighted by Gasteiger charge is -2.09. The quantitative estimate of drug-likeness (QED) is 0.672. The molecule has 0 unspecified atom stereocenters. The molecule has 0 nitrogen and oxygen atoms in total. The average molecular weight is 220 g/mol. The van der Waals surface area contributed by atoms with E-state index in [1.807, 2.05) is 0 Å². The summed E-state index contributed by atoms with van der Waals surface area (Å²) in [6, 6.07) is 15.3. The van der Waals surface area contributed by atoms with E-state index in [-0.39, 0.29) is 0 Å². The fraction of sp³-hybridized carbons (Fsp3) is 0.176. The summed E-state index contributed by atoms with van der Waals surface area (Å²) in [4.78, 5) is 0. The average Bonchev–Trinajstić information content (AvgIpc) is 2.74. The molecule has 2 aromatic rings. The molecule has 0 amide bonds. The fourth-order valence-corrected chi connectivity index (χ4v) is 2.51. The van der Waals surface area contributed by atoms with Crippen LogP contribution in [0.2, 0.25) is 0 Å². The van der Waals surface area contributed by atoms with Gasteiger partial charge in [0.05, 0.1) is 0 Å². The fourth-order valence-electron chi connectivity index (χ4n) is 2.51. The van der Waals surface area contributed by atoms with Gasteiger partial charge in [-0.25, -0.2) is 0 Å². The molecule has 2 aromatic carbocycles. The summed E-state index contributed by atoms with van der Waals surface area (Å²) < 4.78 is 0. The van der Waals surface area contributed by atoms with E-state index in [0.717, 1.165) is 6.42 Å². The van der Waals surface area contributed by atoms with Gasteiger partial charge in [-0.05, 0) is 53.7 Å². The lowest BCUT2D eigenvalue weighted by molar-refractivity contribution is 1.24. The first kappa shape index (κ1) is 10.3. The van der Waals surface area contributed by atoms with Gasteiger partial charge >= 0.3 is 0 Å². The summed E-state index contributed by atoms with van der Waals surface area (Å²) in [6.45, 7) is 4.38. The lowest BCUT2D eigenvalue weighted by atomic mass is 9.95. The zero-order valence-electron chi connectivity index (χ0n) is 10.3. The van der Waals surface area contributed by atoms with E-state index in [2.05, 4.69) is 62.4 Å². The third-order valence-corrected chi connectivity index (χ3v) is 3.62. The molecule has 0 spiro atoms. The molecule has 1 aliphatic carbocycles. The molecule has 0 saturated heterocycles. The monoisotopic (exact) mass is 220 g/mol. The van der Waals surface area contributed by atoms with E-state index >= 15 is 0 Å². The van der Waals surface area contributed by atoms with E-state index in [9.17, 15) is 0 Å². The molecule has 84 valence electrons. The van der Waals surface area contributed by atoms with E-state index in [4.69, 9.17) is 0 Å². The number of rotatable bonds is 1. The Bertz CT molecular complexity index is 589. The summed E-state index contributed by atoms with van der Waals surface area (Å²) >= 11 is 0. The third kappa shape index (κ3) is 1.70. The van der Waals surface area contributed by atoms with Crippen LogP contribution in [0.1, 0.15) is 27.8 Å². The number of aryl methyl sites for hydroxylation is 2. The number of allylic oxidation sites excluding steroid dienone is 1. The molecule has 0 saturated carbocycles. The largest absolute Gasteiger partial charge is 0.0716 e. The Hall–Kier alpha value is -1.82. The number of hydrogen-bond donors (Lipinski definition) is 0. The van der Waals surface area contributed by atoms with Crippen molar-refractivity contribution < 1.29 is 0 Å². The van der Waals surface area contributed by atoms with Crippen LogP contribution in [-0.4, -0.2) is 0 Å². The van der Waals surface area contributed by atoms with E-state index in [1.165, 1.54) is 33.4 Å². The van der Waals surface area contributed by atoms with Gasteiger partial charge in [-0.1, -0.05) is 48.5 Å². The molecule has 0 heteroatoms. The minimum atomic E-state index is 1.07. The molecule has 0 atom stereocenters. The van der Waals surface area contributed by atoms with Gasteiger partial charge in [0.15, 0.2) is 0 Å². The first-order valence-electron chi connectivity index (χ1n) is 6.12. The lowest BCUT2D eigenvalue weighted by Crippen LogP contribution is -1.91. The Kier molecular flexibility index (Phi) is 2.36. The third-order valence-electron chi connectivity index (χ3n) is 3.62. The first-order chi connectivity index (χ1) is 8.25. The van der Waals surface area contributed by atoms with Crippen molar-refractivity contribution in [1.82, 2.24) is 0 Å². The molecule has 0 fully saturated rings. The predicted molar refractivity (Wildman–Crippen MR) is 73.1 cm³/mol. The number of hydrogen-bond acceptors (Lipinski definition) is 0. The highest BCUT2D eigenvalue weighted by Crippen LogP contribution is 2.34. The van der Waals surface area contributed by atoms with E-state index in [0.29, 0.717) is 0 Å². The van der Waals surface area contributed by atoms with Crippen molar-refractivity contribution >= 4 is 5.57 Å². The van der Waals surface area contributed by atoms with Crippen molar-refractivity contribution in [2.45, 2.75) is 20.3 Å². The van der Waals surface area contributed by atoms with Crippen molar-refractivity contribution in [1.29, 1.82) is 0 Å². The molecule has 0 bridgehead atoms. The molecular formula is C17H16. The minimum absolute atomic E-state index is 1.07. The highest BCUT2D eigenvalue weighted by molar-refractivity contribution is 5.85. The van der Waals surface area contributed by atoms with E-state index < -0.39 is 0 Å². The SMILES string of the molecule is Cc1cc2c(cc1C)C(c1ccccc1)=CC2. The van der Waals surface area contributed by atoms with Crippen LogP contribution in [0.15, 0.2) is 48.5 Å². The zero-order chi connectivity index (χ0) is 11.8. The van der Waals surface area contributed by atoms with Gasteiger partial charge < -0.3 is 0 Å². The topological polar surface area (TPSA) is 0 Å². The van der Waals surface area contributed by atoms with Crippen LogP contribution in [0.25, 0.3) is 5.57 Å². The number of benzene rings is 2. The second kappa shape index (κ2) is 3.89. The van der Waals surface area contributed by atoms with Crippen LogP contribution < -0.4 is 0 Å². The van der Waals surface area contributed by atoms with Crippen LogP contribution in [0.5, 0.6) is 0 Å². The highest BCUT2D eigenvalue weighted by atomic mass is 14.2. The van der Waals surface area contributed by atoms with Crippen LogP contribution in [0.3, 0.4) is 0 Å². The van der Waals surface area contributed by atoms with Crippen LogP contribution in [0.4, 0.5) is 0 Å². The van der Waals surface area contributed by atoms with Crippen molar-refractivity contribution in [3.63, 3.8) is 0 Å². The summed E-state index contributed by atoms with van der Waals surface area (Å²) in [6.07, 6.45) is 3.42. The van der Waals surface area contributed by atoms with Crippen molar-refractivity contribution in [3.05, 3.63) is 76.4 Å².